The van der Waals surface area contributed by atoms with Gasteiger partial charge in [0, 0.05) is 4.88 Å². The van der Waals surface area contributed by atoms with Crippen LogP contribution in [0.1, 0.15) is 17.7 Å². The molecule has 0 spiro atoms. The molecule has 0 bridgehead atoms. The summed E-state index contributed by atoms with van der Waals surface area (Å²) < 4.78 is 5.30. The second-order valence-electron chi connectivity index (χ2n) is 2.39. The number of methoxy groups -OCH3 is 1. The first-order valence-corrected chi connectivity index (χ1v) is 4.67. The van der Waals surface area contributed by atoms with Crippen molar-refractivity contribution in [2.75, 3.05) is 7.11 Å². The van der Waals surface area contributed by atoms with E-state index in [1.165, 1.54) is 18.4 Å². The van der Waals surface area contributed by atoms with Gasteiger partial charge in [-0.1, -0.05) is 11.6 Å². The molecular weight excluding hydrogens is 196 g/mol. The molecule has 0 aliphatic rings. The molecule has 2 nitrogen and oxygen atoms in total. The first-order chi connectivity index (χ1) is 5.65. The molecular formula is C8H9ClO2S. The number of thiophene rings is 1. The summed E-state index contributed by atoms with van der Waals surface area (Å²) >= 11 is 7.12. The fourth-order valence-corrected chi connectivity index (χ4v) is 1.95. The molecule has 12 heavy (non-hydrogen) atoms. The molecule has 0 aliphatic carbocycles. The number of hydrogen-bond donors (Lipinski definition) is 0. The molecule has 0 saturated carbocycles. The SMILES string of the molecule is COC(=O)C(C)c1ccc(Cl)s1. The number of ether oxygens (including phenoxy) is 1. The van der Waals surface area contributed by atoms with Crippen LogP contribution in [0.4, 0.5) is 0 Å². The molecule has 0 saturated heterocycles. The highest BCUT2D eigenvalue weighted by Gasteiger charge is 2.16. The smallest absolute Gasteiger partial charge is 0.313 e. The van der Waals surface area contributed by atoms with Gasteiger partial charge in [-0.2, -0.15) is 0 Å². The summed E-state index contributed by atoms with van der Waals surface area (Å²) in [4.78, 5) is 12.0. The predicted octanol–water partition coefficient (Wildman–Crippen LogP) is 2.68. The number of carbonyl (C=O) groups excluding carboxylic acids is 1. The molecule has 1 heterocycles. The molecule has 1 aromatic heterocycles. The van der Waals surface area contributed by atoms with Crippen molar-refractivity contribution in [3.05, 3.63) is 21.3 Å². The second-order valence-corrected chi connectivity index (χ2v) is 4.13. The van der Waals surface area contributed by atoms with E-state index in [1.807, 2.05) is 6.07 Å². The van der Waals surface area contributed by atoms with E-state index < -0.39 is 0 Å². The molecule has 1 unspecified atom stereocenters. The van der Waals surface area contributed by atoms with Crippen molar-refractivity contribution < 1.29 is 9.53 Å². The Kier molecular flexibility index (Phi) is 3.12. The first kappa shape index (κ1) is 9.55. The maximum atomic E-state index is 11.1. The minimum Gasteiger partial charge on any atom is -0.469 e. The molecule has 0 N–H and O–H groups in total. The van der Waals surface area contributed by atoms with Gasteiger partial charge in [-0.05, 0) is 19.1 Å². The van der Waals surface area contributed by atoms with E-state index in [9.17, 15) is 4.79 Å². The maximum absolute atomic E-state index is 11.1. The molecule has 1 atom stereocenters. The Morgan fingerprint density at radius 2 is 2.33 bits per heavy atom. The van der Waals surface area contributed by atoms with E-state index in [-0.39, 0.29) is 11.9 Å². The number of rotatable bonds is 2. The van der Waals surface area contributed by atoms with Crippen LogP contribution in [0.2, 0.25) is 4.34 Å². The first-order valence-electron chi connectivity index (χ1n) is 3.48. The Morgan fingerprint density at radius 3 is 2.75 bits per heavy atom. The highest BCUT2D eigenvalue weighted by molar-refractivity contribution is 7.16. The highest BCUT2D eigenvalue weighted by Crippen LogP contribution is 2.28. The molecule has 4 heteroatoms. The fraction of sp³-hybridized carbons (Fsp3) is 0.375. The second kappa shape index (κ2) is 3.92. The van der Waals surface area contributed by atoms with Crippen molar-refractivity contribution >= 4 is 28.9 Å². The van der Waals surface area contributed by atoms with Crippen LogP contribution in [0, 0.1) is 0 Å². The average Bonchev–Trinajstić information content (AvgIpc) is 2.49. The molecule has 66 valence electrons. The summed E-state index contributed by atoms with van der Waals surface area (Å²) in [6.45, 7) is 1.80. The van der Waals surface area contributed by atoms with Gasteiger partial charge in [-0.15, -0.1) is 11.3 Å². The zero-order valence-electron chi connectivity index (χ0n) is 6.83. The van der Waals surface area contributed by atoms with Crippen molar-refractivity contribution in [2.45, 2.75) is 12.8 Å². The zero-order valence-corrected chi connectivity index (χ0v) is 8.41. The molecule has 0 aliphatic heterocycles. The van der Waals surface area contributed by atoms with Crippen LogP contribution < -0.4 is 0 Å². The summed E-state index contributed by atoms with van der Waals surface area (Å²) in [5, 5.41) is 0. The standard InChI is InChI=1S/C8H9ClO2S/c1-5(8(10)11-2)6-3-4-7(9)12-6/h3-5H,1-2H3. The lowest BCUT2D eigenvalue weighted by atomic mass is 10.1. The van der Waals surface area contributed by atoms with Crippen molar-refractivity contribution in [3.8, 4) is 0 Å². The van der Waals surface area contributed by atoms with Crippen LogP contribution in [0.15, 0.2) is 12.1 Å². The van der Waals surface area contributed by atoms with Gasteiger partial charge >= 0.3 is 5.97 Å². The quantitative estimate of drug-likeness (QED) is 0.693. The third-order valence-electron chi connectivity index (χ3n) is 1.58. The topological polar surface area (TPSA) is 26.3 Å². The largest absolute Gasteiger partial charge is 0.469 e. The number of carbonyl (C=O) groups is 1. The van der Waals surface area contributed by atoms with E-state index in [4.69, 9.17) is 11.6 Å². The summed E-state index contributed by atoms with van der Waals surface area (Å²) in [7, 11) is 1.38. The van der Waals surface area contributed by atoms with E-state index >= 15 is 0 Å². The van der Waals surface area contributed by atoms with Gasteiger partial charge in [0.1, 0.15) is 0 Å². The normalized spacial score (nSPS) is 12.6. The molecule has 0 radical (unpaired) electrons. The van der Waals surface area contributed by atoms with Crippen LogP contribution in [0.25, 0.3) is 0 Å². The van der Waals surface area contributed by atoms with Crippen LogP contribution in [-0.4, -0.2) is 13.1 Å². The Labute approximate surface area is 80.1 Å². The number of hydrogen-bond acceptors (Lipinski definition) is 3. The van der Waals surface area contributed by atoms with Crippen LogP contribution in [0.3, 0.4) is 0 Å². The lowest BCUT2D eigenvalue weighted by Crippen LogP contribution is -2.08. The third-order valence-corrected chi connectivity index (χ3v) is 2.99. The van der Waals surface area contributed by atoms with Gasteiger partial charge in [0.25, 0.3) is 0 Å². The Bertz CT molecular complexity index is 282. The van der Waals surface area contributed by atoms with Crippen molar-refractivity contribution in [3.63, 3.8) is 0 Å². The third kappa shape index (κ3) is 1.99. The monoisotopic (exact) mass is 204 g/mol. The van der Waals surface area contributed by atoms with Gasteiger partial charge in [0.2, 0.25) is 0 Å². The van der Waals surface area contributed by atoms with E-state index in [2.05, 4.69) is 4.74 Å². The van der Waals surface area contributed by atoms with Gasteiger partial charge in [-0.3, -0.25) is 4.79 Å². The van der Waals surface area contributed by atoms with Crippen LogP contribution >= 0.6 is 22.9 Å². The Hall–Kier alpha value is -0.540. The van der Waals surface area contributed by atoms with Crippen molar-refractivity contribution in [2.24, 2.45) is 0 Å². The Balaban J connectivity index is 2.77. The van der Waals surface area contributed by atoms with Crippen LogP contribution in [0.5, 0.6) is 0 Å². The molecule has 0 fully saturated rings. The summed E-state index contributed by atoms with van der Waals surface area (Å²) in [6, 6.07) is 3.62. The van der Waals surface area contributed by atoms with E-state index in [0.717, 1.165) is 4.88 Å². The predicted molar refractivity (Wildman–Crippen MR) is 49.8 cm³/mol. The van der Waals surface area contributed by atoms with Gasteiger partial charge in [0.05, 0.1) is 17.4 Å². The fourth-order valence-electron chi connectivity index (χ4n) is 0.854. The average molecular weight is 205 g/mol. The van der Waals surface area contributed by atoms with Gasteiger partial charge < -0.3 is 4.74 Å². The number of halogens is 1. The maximum Gasteiger partial charge on any atom is 0.313 e. The lowest BCUT2D eigenvalue weighted by molar-refractivity contribution is -0.141. The molecule has 0 aromatic carbocycles. The highest BCUT2D eigenvalue weighted by atomic mass is 35.5. The van der Waals surface area contributed by atoms with Crippen molar-refractivity contribution in [1.29, 1.82) is 0 Å². The van der Waals surface area contributed by atoms with Crippen LogP contribution in [-0.2, 0) is 9.53 Å². The summed E-state index contributed by atoms with van der Waals surface area (Å²) in [5.74, 6) is -0.444. The molecule has 1 rings (SSSR count). The zero-order chi connectivity index (χ0) is 9.14. The van der Waals surface area contributed by atoms with Gasteiger partial charge in [-0.25, -0.2) is 0 Å². The number of esters is 1. The van der Waals surface area contributed by atoms with Gasteiger partial charge in [0.15, 0.2) is 0 Å². The molecule has 1 aromatic rings. The summed E-state index contributed by atoms with van der Waals surface area (Å²) in [5.41, 5.74) is 0. The van der Waals surface area contributed by atoms with E-state index in [1.54, 1.807) is 13.0 Å². The van der Waals surface area contributed by atoms with Crippen molar-refractivity contribution in [1.82, 2.24) is 0 Å². The lowest BCUT2D eigenvalue weighted by Gasteiger charge is -2.04. The molecule has 0 amide bonds. The van der Waals surface area contributed by atoms with E-state index in [0.29, 0.717) is 4.34 Å². The summed E-state index contributed by atoms with van der Waals surface area (Å²) in [6.07, 6.45) is 0. The Morgan fingerprint density at radius 1 is 1.67 bits per heavy atom. The minimum atomic E-state index is -0.228. The minimum absolute atomic E-state index is 0.215.